The van der Waals surface area contributed by atoms with E-state index in [9.17, 15) is 0 Å². The first-order chi connectivity index (χ1) is 7.20. The largest absolute Gasteiger partial charge is 0.444 e. The number of nitrogens with zero attached hydrogens (tertiary/aromatic N) is 1. The lowest BCUT2D eigenvalue weighted by Crippen LogP contribution is -1.95. The Morgan fingerprint density at radius 2 is 2.27 bits per heavy atom. The Balaban J connectivity index is 2.48. The first-order valence-electron chi connectivity index (χ1n) is 4.61. The van der Waals surface area contributed by atoms with Crippen molar-refractivity contribution in [1.29, 1.82) is 0 Å². The summed E-state index contributed by atoms with van der Waals surface area (Å²) in [5.74, 6) is 0.565. The van der Waals surface area contributed by atoms with Crippen molar-refractivity contribution < 1.29 is 4.42 Å². The summed E-state index contributed by atoms with van der Waals surface area (Å²) < 4.78 is 5.33. The minimum atomic E-state index is 0.378. The number of aromatic nitrogens is 1. The lowest BCUT2D eigenvalue weighted by atomic mass is 10.1. The van der Waals surface area contributed by atoms with Gasteiger partial charge in [-0.25, -0.2) is 4.98 Å². The van der Waals surface area contributed by atoms with Gasteiger partial charge in [0.25, 0.3) is 0 Å². The van der Waals surface area contributed by atoms with Gasteiger partial charge in [0.1, 0.15) is 6.26 Å². The maximum absolute atomic E-state index is 5.91. The Labute approximate surface area is 92.9 Å². The highest BCUT2D eigenvalue weighted by Crippen LogP contribution is 2.25. The van der Waals surface area contributed by atoms with E-state index in [-0.39, 0.29) is 0 Å². The number of halogens is 1. The van der Waals surface area contributed by atoms with Gasteiger partial charge in [0.05, 0.1) is 5.69 Å². The van der Waals surface area contributed by atoms with Crippen molar-refractivity contribution in [1.82, 2.24) is 4.98 Å². The van der Waals surface area contributed by atoms with Crippen LogP contribution in [-0.4, -0.2) is 4.98 Å². The molecule has 0 radical (unpaired) electrons. The molecule has 0 amide bonds. The highest BCUT2D eigenvalue weighted by Gasteiger charge is 2.08. The van der Waals surface area contributed by atoms with Crippen molar-refractivity contribution in [2.24, 2.45) is 5.73 Å². The summed E-state index contributed by atoms with van der Waals surface area (Å²) in [6, 6.07) is 5.61. The topological polar surface area (TPSA) is 52.0 Å². The molecule has 0 fully saturated rings. The van der Waals surface area contributed by atoms with Crippen LogP contribution in [-0.2, 0) is 6.54 Å². The number of nitrogens with two attached hydrogens (primary N) is 1. The molecule has 0 aliphatic rings. The van der Waals surface area contributed by atoms with Crippen LogP contribution in [0.1, 0.15) is 11.3 Å². The van der Waals surface area contributed by atoms with Gasteiger partial charge in [0, 0.05) is 17.1 Å². The molecular weight excluding hydrogens is 212 g/mol. The molecule has 0 bridgehead atoms. The third-order valence-corrected chi connectivity index (χ3v) is 2.43. The molecule has 1 aromatic carbocycles. The molecule has 3 nitrogen and oxygen atoms in total. The average Bonchev–Trinajstić information content (AvgIpc) is 2.70. The third kappa shape index (κ3) is 2.03. The molecule has 0 atom stereocenters. The molecule has 1 aromatic heterocycles. The molecular formula is C11H11ClN2O. The van der Waals surface area contributed by atoms with Gasteiger partial charge in [-0.05, 0) is 24.6 Å². The molecule has 2 N–H and O–H groups in total. The fourth-order valence-corrected chi connectivity index (χ4v) is 1.52. The third-order valence-electron chi connectivity index (χ3n) is 2.19. The lowest BCUT2D eigenvalue weighted by Gasteiger charge is -2.01. The highest BCUT2D eigenvalue weighted by molar-refractivity contribution is 6.30. The first kappa shape index (κ1) is 10.2. The molecule has 78 valence electrons. The molecule has 0 aliphatic carbocycles. The summed E-state index contributed by atoms with van der Waals surface area (Å²) in [4.78, 5) is 4.25. The molecule has 1 heterocycles. The molecule has 4 heteroatoms. The Bertz CT molecular complexity index is 479. The first-order valence-corrected chi connectivity index (χ1v) is 4.99. The Hall–Kier alpha value is -1.32. The Kier molecular flexibility index (Phi) is 2.75. The summed E-state index contributed by atoms with van der Waals surface area (Å²) in [6.45, 7) is 2.36. The van der Waals surface area contributed by atoms with Crippen LogP contribution >= 0.6 is 11.6 Å². The lowest BCUT2D eigenvalue weighted by molar-refractivity contribution is 0.572. The van der Waals surface area contributed by atoms with Gasteiger partial charge in [-0.15, -0.1) is 0 Å². The van der Waals surface area contributed by atoms with E-state index >= 15 is 0 Å². The average molecular weight is 223 g/mol. The number of benzene rings is 1. The number of rotatable bonds is 2. The second kappa shape index (κ2) is 4.04. The maximum Gasteiger partial charge on any atom is 0.226 e. The predicted molar refractivity (Wildman–Crippen MR) is 59.6 cm³/mol. The Morgan fingerprint density at radius 1 is 1.47 bits per heavy atom. The number of oxazole rings is 1. The van der Waals surface area contributed by atoms with Crippen LogP contribution < -0.4 is 5.73 Å². The van der Waals surface area contributed by atoms with Gasteiger partial charge < -0.3 is 10.2 Å². The van der Waals surface area contributed by atoms with E-state index < -0.39 is 0 Å². The van der Waals surface area contributed by atoms with Gasteiger partial charge in [0.2, 0.25) is 5.89 Å². The molecule has 2 rings (SSSR count). The van der Waals surface area contributed by atoms with Crippen molar-refractivity contribution in [3.8, 4) is 11.5 Å². The van der Waals surface area contributed by atoms with E-state index in [0.717, 1.165) is 16.8 Å². The van der Waals surface area contributed by atoms with Crippen molar-refractivity contribution in [3.05, 3.63) is 40.7 Å². The van der Waals surface area contributed by atoms with Gasteiger partial charge in [-0.1, -0.05) is 17.7 Å². The zero-order valence-electron chi connectivity index (χ0n) is 8.33. The summed E-state index contributed by atoms with van der Waals surface area (Å²) in [7, 11) is 0. The highest BCUT2D eigenvalue weighted by atomic mass is 35.5. The fraction of sp³-hybridized carbons (Fsp3) is 0.182. The number of hydrogen-bond acceptors (Lipinski definition) is 3. The number of aryl methyl sites for hydroxylation is 1. The van der Waals surface area contributed by atoms with Crippen LogP contribution in [0.25, 0.3) is 11.5 Å². The zero-order valence-corrected chi connectivity index (χ0v) is 9.08. The second-order valence-corrected chi connectivity index (χ2v) is 3.74. The van der Waals surface area contributed by atoms with E-state index in [4.69, 9.17) is 21.8 Å². The van der Waals surface area contributed by atoms with Crippen LogP contribution in [0, 0.1) is 6.92 Å². The van der Waals surface area contributed by atoms with Crippen molar-refractivity contribution >= 4 is 11.6 Å². The Morgan fingerprint density at radius 3 is 2.93 bits per heavy atom. The minimum Gasteiger partial charge on any atom is -0.444 e. The van der Waals surface area contributed by atoms with Crippen molar-refractivity contribution in [2.75, 3.05) is 0 Å². The summed E-state index contributed by atoms with van der Waals surface area (Å²) in [5.41, 5.74) is 8.18. The van der Waals surface area contributed by atoms with Gasteiger partial charge in [-0.3, -0.25) is 0 Å². The van der Waals surface area contributed by atoms with Crippen LogP contribution in [0.2, 0.25) is 5.02 Å². The minimum absolute atomic E-state index is 0.378. The van der Waals surface area contributed by atoms with Crippen LogP contribution in [0.15, 0.2) is 28.9 Å². The molecule has 0 saturated heterocycles. The van der Waals surface area contributed by atoms with Crippen molar-refractivity contribution in [2.45, 2.75) is 13.5 Å². The van der Waals surface area contributed by atoms with Gasteiger partial charge in [-0.2, -0.15) is 0 Å². The van der Waals surface area contributed by atoms with E-state index in [0.29, 0.717) is 17.5 Å². The van der Waals surface area contributed by atoms with E-state index in [1.807, 2.05) is 25.1 Å². The second-order valence-electron chi connectivity index (χ2n) is 3.31. The smallest absolute Gasteiger partial charge is 0.226 e. The van der Waals surface area contributed by atoms with E-state index in [2.05, 4.69) is 4.98 Å². The standard InChI is InChI=1S/C11H11ClN2O/c1-7-2-3-8(12)4-10(7)11-14-9(5-13)6-15-11/h2-4,6H,5,13H2,1H3. The van der Waals surface area contributed by atoms with E-state index in [1.165, 1.54) is 0 Å². The van der Waals surface area contributed by atoms with Gasteiger partial charge >= 0.3 is 0 Å². The SMILES string of the molecule is Cc1ccc(Cl)cc1-c1nc(CN)co1. The normalized spacial score (nSPS) is 10.6. The summed E-state index contributed by atoms with van der Waals surface area (Å²) in [6.07, 6.45) is 1.57. The van der Waals surface area contributed by atoms with E-state index in [1.54, 1.807) is 6.26 Å². The van der Waals surface area contributed by atoms with Gasteiger partial charge in [0.15, 0.2) is 0 Å². The molecule has 0 unspecified atom stereocenters. The molecule has 15 heavy (non-hydrogen) atoms. The fourth-order valence-electron chi connectivity index (χ4n) is 1.35. The van der Waals surface area contributed by atoms with Crippen LogP contribution in [0.3, 0.4) is 0 Å². The summed E-state index contributed by atoms with van der Waals surface area (Å²) >= 11 is 5.91. The molecule has 2 aromatic rings. The quantitative estimate of drug-likeness (QED) is 0.850. The van der Waals surface area contributed by atoms with Crippen LogP contribution in [0.4, 0.5) is 0 Å². The number of hydrogen-bond donors (Lipinski definition) is 1. The summed E-state index contributed by atoms with van der Waals surface area (Å²) in [5, 5.41) is 0.670. The zero-order chi connectivity index (χ0) is 10.8. The van der Waals surface area contributed by atoms with Crippen LogP contribution in [0.5, 0.6) is 0 Å². The molecule has 0 aliphatic heterocycles. The van der Waals surface area contributed by atoms with Crippen molar-refractivity contribution in [3.63, 3.8) is 0 Å². The predicted octanol–water partition coefficient (Wildman–Crippen LogP) is 2.76. The monoisotopic (exact) mass is 222 g/mol. The maximum atomic E-state index is 5.91. The molecule has 0 spiro atoms. The molecule has 0 saturated carbocycles.